The van der Waals surface area contributed by atoms with Crippen LogP contribution in [0.5, 0.6) is 0 Å². The molecule has 0 radical (unpaired) electrons. The number of hydrogen-bond acceptors (Lipinski definition) is 5. The van der Waals surface area contributed by atoms with Crippen LogP contribution in [-0.2, 0) is 18.9 Å². The highest BCUT2D eigenvalue weighted by Crippen LogP contribution is 2.46. The van der Waals surface area contributed by atoms with E-state index in [1.54, 1.807) is 7.11 Å². The van der Waals surface area contributed by atoms with Crippen molar-refractivity contribution in [3.63, 3.8) is 0 Å². The van der Waals surface area contributed by atoms with E-state index in [-0.39, 0.29) is 24.7 Å². The second-order valence-electron chi connectivity index (χ2n) is 5.51. The molecule has 2 aliphatic heterocycles. The molecule has 0 spiro atoms. The number of rotatable bonds is 3. The number of methoxy groups -OCH3 is 1. The number of aliphatic hydroxyl groups excluding tert-OH is 1. The van der Waals surface area contributed by atoms with Gasteiger partial charge < -0.3 is 24.1 Å². The van der Waals surface area contributed by atoms with Gasteiger partial charge in [0.05, 0.1) is 6.61 Å². The summed E-state index contributed by atoms with van der Waals surface area (Å²) >= 11 is 0. The van der Waals surface area contributed by atoms with Gasteiger partial charge in [0.15, 0.2) is 12.1 Å². The molecule has 100 valence electrons. The third kappa shape index (κ3) is 1.90. The van der Waals surface area contributed by atoms with E-state index in [0.717, 1.165) is 0 Å². The molecule has 2 heterocycles. The molecule has 0 aromatic heterocycles. The first-order valence-electron chi connectivity index (χ1n) is 6.03. The fraction of sp³-hybridized carbons (Fsp3) is 1.00. The van der Waals surface area contributed by atoms with Crippen molar-refractivity contribution >= 4 is 0 Å². The van der Waals surface area contributed by atoms with Crippen LogP contribution in [0.4, 0.5) is 0 Å². The average molecular weight is 246 g/mol. The van der Waals surface area contributed by atoms with Gasteiger partial charge in [0.25, 0.3) is 0 Å². The number of ether oxygens (including phenoxy) is 4. The Morgan fingerprint density at radius 2 is 1.88 bits per heavy atom. The first kappa shape index (κ1) is 13.2. The van der Waals surface area contributed by atoms with Crippen molar-refractivity contribution in [2.75, 3.05) is 13.7 Å². The van der Waals surface area contributed by atoms with E-state index in [4.69, 9.17) is 18.9 Å². The van der Waals surface area contributed by atoms with Crippen LogP contribution < -0.4 is 0 Å². The van der Waals surface area contributed by atoms with Gasteiger partial charge in [-0.05, 0) is 19.8 Å². The van der Waals surface area contributed by atoms with Crippen LogP contribution in [0.25, 0.3) is 0 Å². The van der Waals surface area contributed by atoms with Crippen molar-refractivity contribution in [1.82, 2.24) is 0 Å². The highest BCUT2D eigenvalue weighted by molar-refractivity contribution is 5.05. The lowest BCUT2D eigenvalue weighted by Gasteiger charge is -2.37. The standard InChI is InChI=1S/C12H22O5/c1-7(2)12(6-13)9(14-5)8-10(17-12)16-11(3,4)15-8/h7-10,13H,6H2,1-5H3/t8-,9+,10+,12+/m1/s1. The molecule has 4 atom stereocenters. The van der Waals surface area contributed by atoms with Crippen LogP contribution in [0, 0.1) is 5.92 Å². The van der Waals surface area contributed by atoms with Crippen molar-refractivity contribution in [3.05, 3.63) is 0 Å². The quantitative estimate of drug-likeness (QED) is 0.801. The molecule has 0 bridgehead atoms. The molecule has 17 heavy (non-hydrogen) atoms. The largest absolute Gasteiger partial charge is 0.393 e. The van der Waals surface area contributed by atoms with Crippen LogP contribution in [-0.4, -0.2) is 48.7 Å². The maximum atomic E-state index is 9.66. The van der Waals surface area contributed by atoms with Gasteiger partial charge in [0, 0.05) is 7.11 Å². The third-order valence-corrected chi connectivity index (χ3v) is 3.68. The highest BCUT2D eigenvalue weighted by Gasteiger charge is 2.63. The van der Waals surface area contributed by atoms with E-state index in [2.05, 4.69) is 0 Å². The van der Waals surface area contributed by atoms with Gasteiger partial charge in [-0.1, -0.05) is 13.8 Å². The van der Waals surface area contributed by atoms with Crippen LogP contribution in [0.3, 0.4) is 0 Å². The van der Waals surface area contributed by atoms with Crippen molar-refractivity contribution < 1.29 is 24.1 Å². The molecule has 5 nitrogen and oxygen atoms in total. The van der Waals surface area contributed by atoms with Gasteiger partial charge >= 0.3 is 0 Å². The topological polar surface area (TPSA) is 57.2 Å². The van der Waals surface area contributed by atoms with Gasteiger partial charge in [-0.2, -0.15) is 0 Å². The minimum atomic E-state index is -0.749. The normalized spacial score (nSPS) is 44.3. The lowest BCUT2D eigenvalue weighted by Crippen LogP contribution is -2.52. The van der Waals surface area contributed by atoms with Crippen molar-refractivity contribution in [2.24, 2.45) is 5.92 Å². The summed E-state index contributed by atoms with van der Waals surface area (Å²) in [4.78, 5) is 0. The third-order valence-electron chi connectivity index (χ3n) is 3.68. The smallest absolute Gasteiger partial charge is 0.190 e. The Morgan fingerprint density at radius 1 is 1.24 bits per heavy atom. The molecule has 2 fully saturated rings. The highest BCUT2D eigenvalue weighted by atomic mass is 16.8. The minimum absolute atomic E-state index is 0.108. The Balaban J connectivity index is 2.26. The first-order valence-corrected chi connectivity index (χ1v) is 6.03. The molecular formula is C12H22O5. The molecule has 5 heteroatoms. The molecule has 0 saturated carbocycles. The number of fused-ring (bicyclic) bond motifs is 1. The maximum absolute atomic E-state index is 9.66. The summed E-state index contributed by atoms with van der Waals surface area (Å²) in [7, 11) is 1.61. The molecule has 2 saturated heterocycles. The van der Waals surface area contributed by atoms with E-state index >= 15 is 0 Å². The summed E-state index contributed by atoms with van der Waals surface area (Å²) in [6, 6.07) is 0. The maximum Gasteiger partial charge on any atom is 0.190 e. The number of hydrogen-bond donors (Lipinski definition) is 1. The van der Waals surface area contributed by atoms with E-state index in [9.17, 15) is 5.11 Å². The molecule has 0 aromatic rings. The van der Waals surface area contributed by atoms with Crippen LogP contribution in [0.15, 0.2) is 0 Å². The van der Waals surface area contributed by atoms with Gasteiger partial charge in [-0.25, -0.2) is 0 Å². The predicted octanol–water partition coefficient (Wildman–Crippen LogP) is 0.896. The molecule has 0 unspecified atom stereocenters. The summed E-state index contributed by atoms with van der Waals surface area (Å²) in [6.45, 7) is 7.57. The molecule has 2 rings (SSSR count). The lowest BCUT2D eigenvalue weighted by atomic mass is 9.85. The van der Waals surface area contributed by atoms with Gasteiger partial charge in [0.1, 0.15) is 17.8 Å². The zero-order valence-electron chi connectivity index (χ0n) is 11.1. The Hall–Kier alpha value is -0.200. The molecule has 2 aliphatic rings. The van der Waals surface area contributed by atoms with Gasteiger partial charge in [-0.15, -0.1) is 0 Å². The van der Waals surface area contributed by atoms with E-state index in [0.29, 0.717) is 0 Å². The van der Waals surface area contributed by atoms with Crippen molar-refractivity contribution in [1.29, 1.82) is 0 Å². The fourth-order valence-electron chi connectivity index (χ4n) is 2.72. The van der Waals surface area contributed by atoms with E-state index in [1.807, 2.05) is 27.7 Å². The second-order valence-corrected chi connectivity index (χ2v) is 5.51. The first-order chi connectivity index (χ1) is 7.86. The summed E-state index contributed by atoms with van der Waals surface area (Å²) in [5.41, 5.74) is -0.749. The van der Waals surface area contributed by atoms with E-state index < -0.39 is 17.7 Å². The SMILES string of the molecule is CO[C@H]1[C@H]2OC(C)(C)O[C@H]2O[C@@]1(CO)C(C)C. The summed E-state index contributed by atoms with van der Waals surface area (Å²) in [5, 5.41) is 9.66. The molecular weight excluding hydrogens is 224 g/mol. The number of aliphatic hydroxyl groups is 1. The molecule has 0 amide bonds. The van der Waals surface area contributed by atoms with Crippen molar-refractivity contribution in [3.8, 4) is 0 Å². The second kappa shape index (κ2) is 4.17. The minimum Gasteiger partial charge on any atom is -0.393 e. The van der Waals surface area contributed by atoms with Crippen LogP contribution in [0.2, 0.25) is 0 Å². The Bertz CT molecular complexity index is 291. The van der Waals surface area contributed by atoms with Crippen LogP contribution >= 0.6 is 0 Å². The molecule has 0 aliphatic carbocycles. The molecule has 1 N–H and O–H groups in total. The summed E-state index contributed by atoms with van der Waals surface area (Å²) in [6.07, 6.45) is -1.08. The predicted molar refractivity (Wildman–Crippen MR) is 60.4 cm³/mol. The van der Waals surface area contributed by atoms with Gasteiger partial charge in [-0.3, -0.25) is 0 Å². The van der Waals surface area contributed by atoms with Crippen LogP contribution in [0.1, 0.15) is 27.7 Å². The summed E-state index contributed by atoms with van der Waals surface area (Å²) in [5.74, 6) is -0.552. The van der Waals surface area contributed by atoms with Gasteiger partial charge in [0.2, 0.25) is 0 Å². The van der Waals surface area contributed by atoms with Crippen molar-refractivity contribution in [2.45, 2.75) is 57.6 Å². The summed E-state index contributed by atoms with van der Waals surface area (Å²) < 4.78 is 22.9. The zero-order valence-corrected chi connectivity index (χ0v) is 11.1. The Morgan fingerprint density at radius 3 is 2.35 bits per heavy atom. The monoisotopic (exact) mass is 246 g/mol. The Labute approximate surface area is 102 Å². The molecule has 0 aromatic carbocycles. The Kier molecular flexibility index (Phi) is 3.25. The lowest BCUT2D eigenvalue weighted by molar-refractivity contribution is -0.257. The fourth-order valence-corrected chi connectivity index (χ4v) is 2.72. The van der Waals surface area contributed by atoms with E-state index in [1.165, 1.54) is 0 Å². The zero-order chi connectivity index (χ0) is 12.8. The average Bonchev–Trinajstić information content (AvgIpc) is 2.66.